The molecule has 1 fully saturated rings. The molecular weight excluding hydrogens is 490 g/mol. The van der Waals surface area contributed by atoms with Gasteiger partial charge in [-0.15, -0.1) is 0 Å². The van der Waals surface area contributed by atoms with Gasteiger partial charge in [0.15, 0.2) is 0 Å². The second-order valence-corrected chi connectivity index (χ2v) is 11.9. The van der Waals surface area contributed by atoms with Crippen molar-refractivity contribution < 1.29 is 17.9 Å². The molecule has 0 radical (unpaired) electrons. The van der Waals surface area contributed by atoms with Gasteiger partial charge in [0.05, 0.1) is 17.9 Å². The summed E-state index contributed by atoms with van der Waals surface area (Å²) in [4.78, 5) is 23.8. The lowest BCUT2D eigenvalue weighted by Gasteiger charge is -2.31. The van der Waals surface area contributed by atoms with Crippen LogP contribution in [0.3, 0.4) is 0 Å². The monoisotopic (exact) mass is 527 g/mol. The van der Waals surface area contributed by atoms with Gasteiger partial charge in [0, 0.05) is 49.1 Å². The van der Waals surface area contributed by atoms with Crippen molar-refractivity contribution in [2.75, 3.05) is 37.0 Å². The molecule has 1 aliphatic rings. The maximum absolute atomic E-state index is 12.7. The molecule has 1 N–H and O–H groups in total. The van der Waals surface area contributed by atoms with Gasteiger partial charge in [0.1, 0.15) is 21.4 Å². The fourth-order valence-electron chi connectivity index (χ4n) is 4.98. The zero-order valence-electron chi connectivity index (χ0n) is 21.9. The molecule has 1 saturated carbocycles. The predicted octanol–water partition coefficient (Wildman–Crippen LogP) is 4.07. The third kappa shape index (κ3) is 6.80. The first-order valence-corrected chi connectivity index (χ1v) is 15.1. The Balaban J connectivity index is 1.41. The molecule has 1 aliphatic carbocycles. The Kier molecular flexibility index (Phi) is 8.68. The maximum atomic E-state index is 12.7. The third-order valence-corrected chi connectivity index (χ3v) is 8.01. The molecule has 0 atom stereocenters. The van der Waals surface area contributed by atoms with Gasteiger partial charge >= 0.3 is 0 Å². The molecule has 200 valence electrons. The van der Waals surface area contributed by atoms with Crippen molar-refractivity contribution in [1.29, 1.82) is 0 Å². The van der Waals surface area contributed by atoms with Crippen LogP contribution >= 0.6 is 0 Å². The van der Waals surface area contributed by atoms with Crippen LogP contribution in [-0.4, -0.2) is 71.5 Å². The van der Waals surface area contributed by atoms with E-state index in [1.54, 1.807) is 6.20 Å². The number of nitrogens with zero attached hydrogens (tertiary/aromatic N) is 4. The van der Waals surface area contributed by atoms with Crippen molar-refractivity contribution in [3.63, 3.8) is 0 Å². The summed E-state index contributed by atoms with van der Waals surface area (Å²) in [6.45, 7) is 5.92. The van der Waals surface area contributed by atoms with Gasteiger partial charge in [0.25, 0.3) is 0 Å². The Morgan fingerprint density at radius 3 is 2.59 bits per heavy atom. The number of benzene rings is 1. The Morgan fingerprint density at radius 1 is 1.14 bits per heavy atom. The second kappa shape index (κ2) is 11.9. The van der Waals surface area contributed by atoms with Crippen LogP contribution in [0.5, 0.6) is 5.75 Å². The summed E-state index contributed by atoms with van der Waals surface area (Å²) in [6, 6.07) is 9.89. The number of hydrogen-bond donors (Lipinski definition) is 1. The molecule has 2 heterocycles. The van der Waals surface area contributed by atoms with Crippen LogP contribution in [0.2, 0.25) is 0 Å². The number of anilines is 1. The molecule has 37 heavy (non-hydrogen) atoms. The van der Waals surface area contributed by atoms with Crippen molar-refractivity contribution in [2.45, 2.75) is 52.0 Å². The van der Waals surface area contributed by atoms with E-state index in [1.807, 2.05) is 59.8 Å². The number of carbonyl (C=O) groups is 1. The average molecular weight is 528 g/mol. The Labute approximate surface area is 219 Å². The molecule has 0 spiro atoms. The molecule has 2 aromatic heterocycles. The Bertz CT molecular complexity index is 1310. The van der Waals surface area contributed by atoms with E-state index in [0.717, 1.165) is 55.5 Å². The first-order chi connectivity index (χ1) is 17.8. The molecule has 0 bridgehead atoms. The average Bonchev–Trinajstić information content (AvgIpc) is 3.32. The normalized spacial score (nSPS) is 18.0. The van der Waals surface area contributed by atoms with E-state index in [2.05, 4.69) is 10.3 Å². The summed E-state index contributed by atoms with van der Waals surface area (Å²) < 4.78 is 30.6. The van der Waals surface area contributed by atoms with E-state index in [4.69, 9.17) is 9.72 Å². The van der Waals surface area contributed by atoms with E-state index in [1.165, 1.54) is 6.26 Å². The number of rotatable bonds is 11. The SMILES string of the molecule is CCN(CC)C(=O)[C@H]1CC[C@H](Nc2nccc(-n3ccc4c(OCCCS(C)(=O)=O)cccc43)n2)CC1. The van der Waals surface area contributed by atoms with Crippen LogP contribution < -0.4 is 10.1 Å². The second-order valence-electron chi connectivity index (χ2n) is 9.65. The van der Waals surface area contributed by atoms with E-state index >= 15 is 0 Å². The topological polar surface area (TPSA) is 106 Å². The zero-order valence-corrected chi connectivity index (χ0v) is 22.7. The number of aromatic nitrogens is 3. The highest BCUT2D eigenvalue weighted by atomic mass is 32.2. The first-order valence-electron chi connectivity index (χ1n) is 13.1. The van der Waals surface area contributed by atoms with Crippen molar-refractivity contribution in [3.8, 4) is 11.6 Å². The summed E-state index contributed by atoms with van der Waals surface area (Å²) in [5.41, 5.74) is 0.945. The van der Waals surface area contributed by atoms with Gasteiger partial charge in [-0.05, 0) is 70.2 Å². The van der Waals surface area contributed by atoms with Crippen LogP contribution in [0, 0.1) is 5.92 Å². The summed E-state index contributed by atoms with van der Waals surface area (Å²) in [5.74, 6) is 2.53. The fourth-order valence-corrected chi connectivity index (χ4v) is 5.62. The smallest absolute Gasteiger partial charge is 0.225 e. The molecule has 0 saturated heterocycles. The summed E-state index contributed by atoms with van der Waals surface area (Å²) in [7, 11) is -3.00. The minimum absolute atomic E-state index is 0.106. The van der Waals surface area contributed by atoms with E-state index in [9.17, 15) is 13.2 Å². The standard InChI is InChI=1S/C27H37N5O4S/c1-4-31(5-2)26(33)20-10-12-21(13-11-20)29-27-28-16-14-25(30-27)32-17-15-22-23(32)8-6-9-24(22)36-18-7-19-37(3,34)35/h6,8-9,14-17,20-21H,4-5,7,10-13,18-19H2,1-3H3,(H,28,29,30)/t20-,21-. The van der Waals surface area contributed by atoms with E-state index in [-0.39, 0.29) is 23.6 Å². The molecular formula is C27H37N5O4S. The molecule has 9 nitrogen and oxygen atoms in total. The number of amides is 1. The molecule has 1 aromatic carbocycles. The molecule has 4 rings (SSSR count). The van der Waals surface area contributed by atoms with Gasteiger partial charge in [-0.1, -0.05) is 6.07 Å². The minimum atomic E-state index is -3.00. The number of ether oxygens (including phenoxy) is 1. The van der Waals surface area contributed by atoms with E-state index in [0.29, 0.717) is 24.7 Å². The zero-order chi connectivity index (χ0) is 26.4. The van der Waals surface area contributed by atoms with Crippen molar-refractivity contribution in [1.82, 2.24) is 19.4 Å². The summed E-state index contributed by atoms with van der Waals surface area (Å²) >= 11 is 0. The quantitative estimate of drug-likeness (QED) is 0.375. The van der Waals surface area contributed by atoms with Crippen molar-refractivity contribution in [2.24, 2.45) is 5.92 Å². The first kappa shape index (κ1) is 26.9. The van der Waals surface area contributed by atoms with Crippen LogP contribution in [0.15, 0.2) is 42.7 Å². The van der Waals surface area contributed by atoms with E-state index < -0.39 is 9.84 Å². The molecule has 1 amide bonds. The summed E-state index contributed by atoms with van der Waals surface area (Å²) in [5, 5.41) is 4.41. The van der Waals surface area contributed by atoms with Crippen LogP contribution in [0.4, 0.5) is 5.95 Å². The lowest BCUT2D eigenvalue weighted by Crippen LogP contribution is -2.39. The van der Waals surface area contributed by atoms with Gasteiger partial charge in [-0.3, -0.25) is 4.79 Å². The number of fused-ring (bicyclic) bond motifs is 1. The van der Waals surface area contributed by atoms with Crippen molar-refractivity contribution >= 4 is 32.6 Å². The van der Waals surface area contributed by atoms with Gasteiger partial charge in [0.2, 0.25) is 11.9 Å². The number of sulfone groups is 1. The highest BCUT2D eigenvalue weighted by Gasteiger charge is 2.28. The fraction of sp³-hybridized carbons (Fsp3) is 0.519. The largest absolute Gasteiger partial charge is 0.493 e. The van der Waals surface area contributed by atoms with Crippen LogP contribution in [0.1, 0.15) is 46.0 Å². The molecule has 0 aliphatic heterocycles. The highest BCUT2D eigenvalue weighted by molar-refractivity contribution is 7.90. The van der Waals surface area contributed by atoms with Gasteiger partial charge < -0.3 is 19.5 Å². The Morgan fingerprint density at radius 2 is 1.89 bits per heavy atom. The molecule has 3 aromatic rings. The minimum Gasteiger partial charge on any atom is -0.493 e. The predicted molar refractivity (Wildman–Crippen MR) is 146 cm³/mol. The maximum Gasteiger partial charge on any atom is 0.225 e. The van der Waals surface area contributed by atoms with Crippen LogP contribution in [-0.2, 0) is 14.6 Å². The summed E-state index contributed by atoms with van der Waals surface area (Å²) in [6.07, 6.45) is 8.96. The Hall–Kier alpha value is -3.14. The van der Waals surface area contributed by atoms with Gasteiger partial charge in [-0.2, -0.15) is 4.98 Å². The number of nitrogens with one attached hydrogen (secondary N) is 1. The lowest BCUT2D eigenvalue weighted by atomic mass is 9.85. The highest BCUT2D eigenvalue weighted by Crippen LogP contribution is 2.30. The third-order valence-electron chi connectivity index (χ3n) is 6.98. The number of hydrogen-bond acceptors (Lipinski definition) is 7. The molecule has 0 unspecified atom stereocenters. The van der Waals surface area contributed by atoms with Crippen LogP contribution in [0.25, 0.3) is 16.7 Å². The number of carbonyl (C=O) groups excluding carboxylic acids is 1. The van der Waals surface area contributed by atoms with Gasteiger partial charge in [-0.25, -0.2) is 13.4 Å². The molecule has 10 heteroatoms. The van der Waals surface area contributed by atoms with Crippen molar-refractivity contribution in [3.05, 3.63) is 42.7 Å². The lowest BCUT2D eigenvalue weighted by molar-refractivity contribution is -0.136.